The van der Waals surface area contributed by atoms with Crippen molar-refractivity contribution in [1.29, 1.82) is 0 Å². The lowest BCUT2D eigenvalue weighted by molar-refractivity contribution is 0.0930. The van der Waals surface area contributed by atoms with Crippen molar-refractivity contribution in [3.63, 3.8) is 0 Å². The first kappa shape index (κ1) is 16.9. The number of aliphatic hydroxyl groups excluding tert-OH is 1. The normalized spacial score (nSPS) is 11.9. The van der Waals surface area contributed by atoms with Gasteiger partial charge in [0.2, 0.25) is 0 Å². The summed E-state index contributed by atoms with van der Waals surface area (Å²) in [4.78, 5) is 17.0. The molecule has 0 saturated heterocycles. The molecule has 6 heteroatoms. The maximum atomic E-state index is 12.8. The Labute approximate surface area is 145 Å². The summed E-state index contributed by atoms with van der Waals surface area (Å²) >= 11 is 0. The number of hydrogen-bond donors (Lipinski definition) is 3. The van der Waals surface area contributed by atoms with E-state index in [-0.39, 0.29) is 18.6 Å². The van der Waals surface area contributed by atoms with Crippen molar-refractivity contribution in [3.05, 3.63) is 71.5 Å². The van der Waals surface area contributed by atoms with E-state index in [2.05, 4.69) is 20.5 Å². The van der Waals surface area contributed by atoms with Crippen LogP contribution in [0.25, 0.3) is 11.4 Å². The van der Waals surface area contributed by atoms with Gasteiger partial charge >= 0.3 is 0 Å². The van der Waals surface area contributed by atoms with Crippen LogP contribution in [0, 0.1) is 6.92 Å². The van der Waals surface area contributed by atoms with Gasteiger partial charge in [-0.1, -0.05) is 48.0 Å². The van der Waals surface area contributed by atoms with Crippen LogP contribution in [-0.2, 0) is 0 Å². The largest absolute Gasteiger partial charge is 0.396 e. The molecule has 3 rings (SSSR count). The number of rotatable bonds is 6. The van der Waals surface area contributed by atoms with Gasteiger partial charge in [0.05, 0.1) is 11.6 Å². The van der Waals surface area contributed by atoms with E-state index < -0.39 is 0 Å². The zero-order valence-corrected chi connectivity index (χ0v) is 13.9. The number of nitrogens with one attached hydrogen (secondary N) is 2. The number of carbonyl (C=O) groups is 1. The molecule has 0 radical (unpaired) electrons. The number of aromatic nitrogens is 3. The van der Waals surface area contributed by atoms with Crippen molar-refractivity contribution in [2.75, 3.05) is 6.61 Å². The van der Waals surface area contributed by atoms with Crippen LogP contribution >= 0.6 is 0 Å². The van der Waals surface area contributed by atoms with Crippen molar-refractivity contribution < 1.29 is 9.90 Å². The molecule has 2 aromatic carbocycles. The average molecular weight is 336 g/mol. The summed E-state index contributed by atoms with van der Waals surface area (Å²) in [5, 5.41) is 19.0. The number of aryl methyl sites for hydroxylation is 1. The highest BCUT2D eigenvalue weighted by Crippen LogP contribution is 2.22. The van der Waals surface area contributed by atoms with Crippen LogP contribution in [0.2, 0.25) is 0 Å². The molecule has 1 heterocycles. The molecule has 3 N–H and O–H groups in total. The van der Waals surface area contributed by atoms with Gasteiger partial charge in [0, 0.05) is 12.2 Å². The number of benzene rings is 2. The number of aliphatic hydroxyl groups is 1. The van der Waals surface area contributed by atoms with E-state index >= 15 is 0 Å². The number of nitrogens with zero attached hydrogens (tertiary/aromatic N) is 2. The van der Waals surface area contributed by atoms with Crippen molar-refractivity contribution >= 4 is 5.91 Å². The smallest absolute Gasteiger partial charge is 0.252 e. The van der Waals surface area contributed by atoms with Crippen LogP contribution in [-0.4, -0.2) is 32.8 Å². The first-order valence-electron chi connectivity index (χ1n) is 8.12. The predicted octanol–water partition coefficient (Wildman–Crippen LogP) is 2.63. The molecule has 0 fully saturated rings. The van der Waals surface area contributed by atoms with Crippen LogP contribution < -0.4 is 5.32 Å². The molecule has 0 bridgehead atoms. The Morgan fingerprint density at radius 2 is 1.96 bits per heavy atom. The fourth-order valence-electron chi connectivity index (χ4n) is 2.71. The molecular formula is C19H20N4O2. The van der Waals surface area contributed by atoms with Crippen molar-refractivity contribution in [2.45, 2.75) is 19.4 Å². The van der Waals surface area contributed by atoms with Crippen LogP contribution in [0.4, 0.5) is 0 Å². The van der Waals surface area contributed by atoms with E-state index in [4.69, 9.17) is 0 Å². The Morgan fingerprint density at radius 3 is 2.64 bits per heavy atom. The molecule has 1 amide bonds. The Bertz CT molecular complexity index is 829. The molecule has 3 aromatic rings. The van der Waals surface area contributed by atoms with E-state index in [1.165, 1.54) is 6.33 Å². The Kier molecular flexibility index (Phi) is 5.20. The molecule has 0 spiro atoms. The third kappa shape index (κ3) is 3.92. The van der Waals surface area contributed by atoms with Crippen LogP contribution in [0.1, 0.15) is 33.9 Å². The summed E-state index contributed by atoms with van der Waals surface area (Å²) in [7, 11) is 0. The lowest BCUT2D eigenvalue weighted by atomic mass is 10.0. The van der Waals surface area contributed by atoms with E-state index in [0.717, 1.165) is 11.1 Å². The maximum Gasteiger partial charge on any atom is 0.252 e. The SMILES string of the molecule is Cc1ccc([C@@H](CCO)NC(=O)c2ccccc2-c2ncn[nH]2)cc1. The highest BCUT2D eigenvalue weighted by atomic mass is 16.3. The van der Waals surface area contributed by atoms with Crippen LogP contribution in [0.5, 0.6) is 0 Å². The third-order valence-electron chi connectivity index (χ3n) is 4.04. The third-order valence-corrected chi connectivity index (χ3v) is 4.04. The standard InChI is InChI=1S/C19H20N4O2/c1-13-6-8-14(9-7-13)17(10-11-24)22-19(25)16-5-3-2-4-15(16)18-20-12-21-23-18/h2-9,12,17,24H,10-11H2,1H3,(H,22,25)(H,20,21,23)/t17-/m1/s1. The quantitative estimate of drug-likeness (QED) is 0.645. The van der Waals surface area contributed by atoms with Gasteiger partial charge in [0.1, 0.15) is 6.33 Å². The fourth-order valence-corrected chi connectivity index (χ4v) is 2.71. The summed E-state index contributed by atoms with van der Waals surface area (Å²) < 4.78 is 0. The van der Waals surface area contributed by atoms with E-state index in [1.807, 2.05) is 49.4 Å². The molecule has 0 saturated carbocycles. The summed E-state index contributed by atoms with van der Waals surface area (Å²) in [6.45, 7) is 2.00. The maximum absolute atomic E-state index is 12.8. The highest BCUT2D eigenvalue weighted by Gasteiger charge is 2.19. The molecule has 0 aliphatic carbocycles. The fraction of sp³-hybridized carbons (Fsp3) is 0.211. The van der Waals surface area contributed by atoms with Gasteiger partial charge in [0.15, 0.2) is 5.82 Å². The van der Waals surface area contributed by atoms with Crippen molar-refractivity contribution in [1.82, 2.24) is 20.5 Å². The minimum atomic E-state index is -0.263. The van der Waals surface area contributed by atoms with E-state index in [0.29, 0.717) is 23.4 Å². The van der Waals surface area contributed by atoms with E-state index in [1.54, 1.807) is 6.07 Å². The van der Waals surface area contributed by atoms with Crippen LogP contribution in [0.15, 0.2) is 54.9 Å². The van der Waals surface area contributed by atoms with Crippen molar-refractivity contribution in [3.8, 4) is 11.4 Å². The zero-order chi connectivity index (χ0) is 17.6. The first-order chi connectivity index (χ1) is 12.2. The molecule has 25 heavy (non-hydrogen) atoms. The highest BCUT2D eigenvalue weighted by molar-refractivity contribution is 6.00. The second-order valence-electron chi connectivity index (χ2n) is 5.83. The molecule has 0 unspecified atom stereocenters. The van der Waals surface area contributed by atoms with Crippen molar-refractivity contribution in [2.24, 2.45) is 0 Å². The topological polar surface area (TPSA) is 90.9 Å². The van der Waals surface area contributed by atoms with Gasteiger partial charge in [-0.15, -0.1) is 0 Å². The molecule has 1 aromatic heterocycles. The number of carbonyl (C=O) groups excluding carboxylic acids is 1. The number of hydrogen-bond acceptors (Lipinski definition) is 4. The van der Waals surface area contributed by atoms with E-state index in [9.17, 15) is 9.90 Å². The van der Waals surface area contributed by atoms with Gasteiger partial charge in [-0.3, -0.25) is 9.89 Å². The summed E-state index contributed by atoms with van der Waals surface area (Å²) in [5.41, 5.74) is 3.30. The Balaban J connectivity index is 1.86. The lowest BCUT2D eigenvalue weighted by Crippen LogP contribution is -2.29. The number of aromatic amines is 1. The molecule has 1 atom stereocenters. The first-order valence-corrected chi connectivity index (χ1v) is 8.12. The molecule has 6 nitrogen and oxygen atoms in total. The lowest BCUT2D eigenvalue weighted by Gasteiger charge is -2.19. The molecule has 0 aliphatic heterocycles. The number of amides is 1. The second kappa shape index (κ2) is 7.72. The van der Waals surface area contributed by atoms with Crippen LogP contribution in [0.3, 0.4) is 0 Å². The second-order valence-corrected chi connectivity index (χ2v) is 5.83. The monoisotopic (exact) mass is 336 g/mol. The summed E-state index contributed by atoms with van der Waals surface area (Å²) in [6.07, 6.45) is 1.85. The Morgan fingerprint density at radius 1 is 1.20 bits per heavy atom. The molecule has 128 valence electrons. The van der Waals surface area contributed by atoms with Gasteiger partial charge in [-0.25, -0.2) is 4.98 Å². The Hall–Kier alpha value is -2.99. The minimum Gasteiger partial charge on any atom is -0.396 e. The molecule has 0 aliphatic rings. The molecular weight excluding hydrogens is 316 g/mol. The summed E-state index contributed by atoms with van der Waals surface area (Å²) in [5.74, 6) is 0.325. The predicted molar refractivity (Wildman–Crippen MR) is 94.9 cm³/mol. The van der Waals surface area contributed by atoms with Gasteiger partial charge in [0.25, 0.3) is 5.91 Å². The zero-order valence-electron chi connectivity index (χ0n) is 13.9. The average Bonchev–Trinajstić information content (AvgIpc) is 3.16. The van der Waals surface area contributed by atoms with Gasteiger partial charge < -0.3 is 10.4 Å². The van der Waals surface area contributed by atoms with Gasteiger partial charge in [-0.05, 0) is 25.0 Å². The summed E-state index contributed by atoms with van der Waals surface area (Å²) in [6, 6.07) is 14.9. The number of H-pyrrole nitrogens is 1. The van der Waals surface area contributed by atoms with Gasteiger partial charge in [-0.2, -0.15) is 5.10 Å². The minimum absolute atomic E-state index is 0.0113.